The third-order valence-electron chi connectivity index (χ3n) is 4.01. The van der Waals surface area contributed by atoms with E-state index in [-0.39, 0.29) is 0 Å². The second-order valence-corrected chi connectivity index (χ2v) is 6.08. The Kier molecular flexibility index (Phi) is 5.74. The van der Waals surface area contributed by atoms with Gasteiger partial charge in [0.1, 0.15) is 51.0 Å². The van der Waals surface area contributed by atoms with Crippen molar-refractivity contribution in [2.24, 2.45) is 0 Å². The van der Waals surface area contributed by atoms with E-state index in [1.807, 2.05) is 64.8 Å². The lowest BCUT2D eigenvalue weighted by atomic mass is 10.3. The SMILES string of the molecule is N#CCCn1cc[n+](Cc2cccc(C[n+]3ccn(CCC#N)c3)n2)c1. The van der Waals surface area contributed by atoms with Crippen molar-refractivity contribution in [1.82, 2.24) is 14.1 Å². The van der Waals surface area contributed by atoms with E-state index in [1.54, 1.807) is 0 Å². The summed E-state index contributed by atoms with van der Waals surface area (Å²) in [5.41, 5.74) is 1.99. The monoisotopic (exact) mass is 347 g/mol. The summed E-state index contributed by atoms with van der Waals surface area (Å²) in [4.78, 5) is 4.74. The molecule has 0 aromatic carbocycles. The molecule has 7 heteroatoms. The van der Waals surface area contributed by atoms with Crippen molar-refractivity contribution in [3.05, 3.63) is 67.0 Å². The smallest absolute Gasteiger partial charge is 0.244 e. The predicted octanol–water partition coefficient (Wildman–Crippen LogP) is 1.18. The molecule has 0 N–H and O–H groups in total. The molecule has 0 atom stereocenters. The summed E-state index contributed by atoms with van der Waals surface area (Å²) in [6.45, 7) is 2.80. The summed E-state index contributed by atoms with van der Waals surface area (Å²) in [6, 6.07) is 10.4. The molecule has 0 saturated carbocycles. The van der Waals surface area contributed by atoms with Crippen molar-refractivity contribution in [2.75, 3.05) is 0 Å². The molecule has 0 bridgehead atoms. The van der Waals surface area contributed by atoms with Crippen LogP contribution in [0.3, 0.4) is 0 Å². The summed E-state index contributed by atoms with van der Waals surface area (Å²) < 4.78 is 8.14. The van der Waals surface area contributed by atoms with Crippen molar-refractivity contribution in [2.45, 2.75) is 39.0 Å². The zero-order valence-corrected chi connectivity index (χ0v) is 14.6. The minimum atomic E-state index is 0.508. The van der Waals surface area contributed by atoms with Crippen LogP contribution in [0.15, 0.2) is 55.6 Å². The Morgan fingerprint density at radius 1 is 0.846 bits per heavy atom. The topological polar surface area (TPSA) is 78.1 Å². The molecule has 0 radical (unpaired) electrons. The summed E-state index contributed by atoms with van der Waals surface area (Å²) in [5, 5.41) is 17.3. The van der Waals surface area contributed by atoms with Crippen molar-refractivity contribution < 1.29 is 9.13 Å². The number of pyridine rings is 1. The van der Waals surface area contributed by atoms with Crippen LogP contribution >= 0.6 is 0 Å². The van der Waals surface area contributed by atoms with Crippen molar-refractivity contribution in [1.29, 1.82) is 10.5 Å². The number of rotatable bonds is 8. The average molecular weight is 347 g/mol. The van der Waals surface area contributed by atoms with Gasteiger partial charge in [-0.3, -0.25) is 0 Å². The van der Waals surface area contributed by atoms with Gasteiger partial charge in [-0.2, -0.15) is 10.5 Å². The van der Waals surface area contributed by atoms with Gasteiger partial charge in [-0.1, -0.05) is 6.07 Å². The third-order valence-corrected chi connectivity index (χ3v) is 4.01. The molecule has 26 heavy (non-hydrogen) atoms. The fraction of sp³-hybridized carbons (Fsp3) is 0.316. The van der Waals surface area contributed by atoms with E-state index >= 15 is 0 Å². The van der Waals surface area contributed by atoms with Crippen LogP contribution < -0.4 is 9.13 Å². The maximum absolute atomic E-state index is 8.67. The van der Waals surface area contributed by atoms with Crippen LogP contribution in [0, 0.1) is 22.7 Å². The van der Waals surface area contributed by atoms with Gasteiger partial charge in [-0.25, -0.2) is 23.3 Å². The number of aromatic nitrogens is 5. The van der Waals surface area contributed by atoms with Gasteiger partial charge in [-0.05, 0) is 12.1 Å². The molecule has 0 saturated heterocycles. The first kappa shape index (κ1) is 17.4. The Bertz CT molecular complexity index is 866. The average Bonchev–Trinajstić information content (AvgIpc) is 3.28. The van der Waals surface area contributed by atoms with Gasteiger partial charge < -0.3 is 0 Å². The summed E-state index contributed by atoms with van der Waals surface area (Å²) in [5.74, 6) is 0. The molecular weight excluding hydrogens is 326 g/mol. The molecule has 0 aliphatic carbocycles. The van der Waals surface area contributed by atoms with Crippen LogP contribution in [-0.4, -0.2) is 14.1 Å². The third kappa shape index (κ3) is 4.78. The van der Waals surface area contributed by atoms with E-state index in [2.05, 4.69) is 21.3 Å². The van der Waals surface area contributed by atoms with E-state index in [9.17, 15) is 0 Å². The van der Waals surface area contributed by atoms with Crippen LogP contribution in [0.5, 0.6) is 0 Å². The zero-order chi connectivity index (χ0) is 18.2. The molecule has 130 valence electrons. The highest BCUT2D eigenvalue weighted by Crippen LogP contribution is 2.00. The molecule has 3 aromatic heterocycles. The van der Waals surface area contributed by atoms with Gasteiger partial charge in [0.15, 0.2) is 0 Å². The number of imidazole rings is 2. The van der Waals surface area contributed by atoms with Crippen LogP contribution in [0.25, 0.3) is 0 Å². The molecule has 0 spiro atoms. The van der Waals surface area contributed by atoms with Crippen LogP contribution in [0.1, 0.15) is 24.2 Å². The molecule has 0 amide bonds. The number of nitriles is 2. The Balaban J connectivity index is 1.63. The van der Waals surface area contributed by atoms with Gasteiger partial charge in [-0.15, -0.1) is 0 Å². The fourth-order valence-corrected chi connectivity index (χ4v) is 2.77. The molecule has 7 nitrogen and oxygen atoms in total. The lowest BCUT2D eigenvalue weighted by Crippen LogP contribution is -2.34. The summed E-state index contributed by atoms with van der Waals surface area (Å²) in [7, 11) is 0. The highest BCUT2D eigenvalue weighted by molar-refractivity contribution is 5.09. The Morgan fingerprint density at radius 3 is 1.81 bits per heavy atom. The summed E-state index contributed by atoms with van der Waals surface area (Å²) >= 11 is 0. The fourth-order valence-electron chi connectivity index (χ4n) is 2.77. The van der Waals surface area contributed by atoms with Gasteiger partial charge in [0.2, 0.25) is 12.7 Å². The molecule has 0 aliphatic heterocycles. The maximum Gasteiger partial charge on any atom is 0.244 e. The predicted molar refractivity (Wildman–Crippen MR) is 92.2 cm³/mol. The normalized spacial score (nSPS) is 10.4. The van der Waals surface area contributed by atoms with Gasteiger partial charge in [0, 0.05) is 0 Å². The lowest BCUT2D eigenvalue weighted by Gasteiger charge is -2.01. The molecule has 3 heterocycles. The Hall–Kier alpha value is -3.45. The number of nitrogens with zero attached hydrogens (tertiary/aromatic N) is 7. The second-order valence-electron chi connectivity index (χ2n) is 6.08. The van der Waals surface area contributed by atoms with Crippen LogP contribution in [0.2, 0.25) is 0 Å². The molecule has 0 fully saturated rings. The highest BCUT2D eigenvalue weighted by Gasteiger charge is 2.09. The van der Waals surface area contributed by atoms with E-state index in [0.717, 1.165) is 11.4 Å². The standard InChI is InChI=1S/C19H21N7/c20-6-2-8-23-10-12-25(16-23)14-18-4-1-5-19(22-18)15-26-13-11-24(17-26)9-3-7-21/h1,4-5,10-13,16-17H,2-3,8-9,14-15H2/q+2. The second kappa shape index (κ2) is 8.59. The zero-order valence-electron chi connectivity index (χ0n) is 14.6. The highest BCUT2D eigenvalue weighted by atomic mass is 15.1. The van der Waals surface area contributed by atoms with Gasteiger partial charge in [0.25, 0.3) is 0 Å². The first-order chi connectivity index (χ1) is 12.8. The quantitative estimate of drug-likeness (QED) is 0.574. The molecular formula is C19H21N7+2. The van der Waals surface area contributed by atoms with Crippen molar-refractivity contribution in [3.8, 4) is 12.1 Å². The molecule has 3 rings (SSSR count). The molecule has 0 unspecified atom stereocenters. The first-order valence-electron chi connectivity index (χ1n) is 8.55. The van der Waals surface area contributed by atoms with Crippen molar-refractivity contribution in [3.63, 3.8) is 0 Å². The van der Waals surface area contributed by atoms with Crippen LogP contribution in [-0.2, 0) is 26.2 Å². The summed E-state index contributed by atoms with van der Waals surface area (Å²) in [6.07, 6.45) is 12.9. The van der Waals surface area contributed by atoms with E-state index in [4.69, 9.17) is 15.5 Å². The number of hydrogen-bond donors (Lipinski definition) is 0. The van der Waals surface area contributed by atoms with Crippen LogP contribution in [0.4, 0.5) is 0 Å². The maximum atomic E-state index is 8.67. The number of hydrogen-bond acceptors (Lipinski definition) is 3. The Labute approximate surface area is 152 Å². The minimum Gasteiger partial charge on any atom is -0.250 e. The molecule has 0 aliphatic rings. The number of aryl methyl sites for hydroxylation is 2. The minimum absolute atomic E-state index is 0.508. The van der Waals surface area contributed by atoms with Gasteiger partial charge in [0.05, 0.1) is 36.4 Å². The molecule has 3 aromatic rings. The lowest BCUT2D eigenvalue weighted by molar-refractivity contribution is -0.689. The first-order valence-corrected chi connectivity index (χ1v) is 8.55. The van der Waals surface area contributed by atoms with E-state index in [0.29, 0.717) is 39.0 Å². The van der Waals surface area contributed by atoms with E-state index in [1.165, 1.54) is 0 Å². The Morgan fingerprint density at radius 2 is 1.35 bits per heavy atom. The van der Waals surface area contributed by atoms with Gasteiger partial charge >= 0.3 is 0 Å². The largest absolute Gasteiger partial charge is 0.250 e. The van der Waals surface area contributed by atoms with E-state index < -0.39 is 0 Å². The van der Waals surface area contributed by atoms with Crippen molar-refractivity contribution >= 4 is 0 Å².